The molecular weight excluding hydrogens is 182 g/mol. The summed E-state index contributed by atoms with van der Waals surface area (Å²) in [5.74, 6) is -2.62. The average molecular weight is 190 g/mol. The molecule has 72 valence electrons. The maximum atomic E-state index is 9.43. The van der Waals surface area contributed by atoms with Crippen molar-refractivity contribution in [2.45, 2.75) is 6.42 Å². The minimum atomic E-state index is -2.17. The molecule has 6 N–H and O–H groups in total. The first-order valence-corrected chi connectivity index (χ1v) is 2.34. The molecule has 0 unspecified atom stereocenters. The van der Waals surface area contributed by atoms with Gasteiger partial charge < -0.3 is 30.8 Å². The third kappa shape index (κ3) is 86.1. The molecule has 0 atom stereocenters. The number of carboxylic acids is 2. The second-order valence-electron chi connectivity index (χ2n) is 1.31. The summed E-state index contributed by atoms with van der Waals surface area (Å²) in [5, 5.41) is 36.9. The molecule has 0 aromatic rings. The first-order valence-electron chi connectivity index (χ1n) is 2.34. The van der Waals surface area contributed by atoms with E-state index in [1.807, 2.05) is 0 Å². The molecular formula is C3H8BLiO8. The second-order valence-corrected chi connectivity index (χ2v) is 1.31. The molecule has 0 bridgehead atoms. The monoisotopic (exact) mass is 190 g/mol. The number of hydrogen-bond donors (Lipinski definition) is 5. The molecule has 0 aliphatic heterocycles. The first kappa shape index (κ1) is 22.9. The Labute approximate surface area is 85.5 Å². The number of carbonyl (C=O) groups is 2. The van der Waals surface area contributed by atoms with Crippen LogP contribution >= 0.6 is 0 Å². The van der Waals surface area contributed by atoms with Crippen molar-refractivity contribution < 1.29 is 59.2 Å². The van der Waals surface area contributed by atoms with E-state index < -0.39 is 25.7 Å². The van der Waals surface area contributed by atoms with Crippen LogP contribution in [0.15, 0.2) is 0 Å². The van der Waals surface area contributed by atoms with Crippen molar-refractivity contribution in [1.29, 1.82) is 0 Å². The molecule has 0 amide bonds. The summed E-state index contributed by atoms with van der Waals surface area (Å²) in [6.07, 6.45) is -0.806. The fourth-order valence-electron chi connectivity index (χ4n) is 0.129. The van der Waals surface area contributed by atoms with Gasteiger partial charge in [0.1, 0.15) is 6.42 Å². The van der Waals surface area contributed by atoms with Crippen molar-refractivity contribution in [3.05, 3.63) is 0 Å². The Morgan fingerprint density at radius 2 is 1.15 bits per heavy atom. The van der Waals surface area contributed by atoms with Gasteiger partial charge in [-0.15, -0.1) is 0 Å². The topological polar surface area (TPSA) is 165 Å². The van der Waals surface area contributed by atoms with Crippen LogP contribution in [0.5, 0.6) is 0 Å². The Bertz CT molecular complexity index is 123. The summed E-state index contributed by atoms with van der Waals surface area (Å²) >= 11 is 0. The largest absolute Gasteiger partial charge is 1.00 e. The number of aliphatic carboxylic acids is 2. The van der Waals surface area contributed by atoms with Crippen molar-refractivity contribution in [3.8, 4) is 0 Å². The zero-order valence-electron chi connectivity index (χ0n) is 6.78. The molecule has 0 saturated heterocycles. The molecule has 0 aromatic heterocycles. The molecule has 0 heterocycles. The van der Waals surface area contributed by atoms with Crippen molar-refractivity contribution in [2.24, 2.45) is 0 Å². The van der Waals surface area contributed by atoms with Crippen molar-refractivity contribution >= 4 is 19.3 Å². The summed E-state index contributed by atoms with van der Waals surface area (Å²) in [6.45, 7) is 0. The van der Waals surface area contributed by atoms with E-state index in [2.05, 4.69) is 0 Å². The minimum Gasteiger partial charge on any atom is -0.870 e. The number of carboxylic acid groups (broad SMARTS) is 2. The third-order valence-corrected chi connectivity index (χ3v) is 0.302. The van der Waals surface area contributed by atoms with E-state index in [1.54, 1.807) is 0 Å². The van der Waals surface area contributed by atoms with Gasteiger partial charge in [-0.25, -0.2) is 0 Å². The van der Waals surface area contributed by atoms with Crippen molar-refractivity contribution in [1.82, 2.24) is 0 Å². The van der Waals surface area contributed by atoms with Crippen LogP contribution in [-0.4, -0.2) is 50.0 Å². The van der Waals surface area contributed by atoms with Crippen molar-refractivity contribution in [2.75, 3.05) is 0 Å². The maximum Gasteiger partial charge on any atom is 1.00 e. The van der Waals surface area contributed by atoms with Gasteiger partial charge in [0.15, 0.2) is 0 Å². The van der Waals surface area contributed by atoms with Gasteiger partial charge in [-0.05, 0) is 0 Å². The van der Waals surface area contributed by atoms with Gasteiger partial charge in [0.05, 0.1) is 0 Å². The molecule has 0 aliphatic carbocycles. The molecule has 0 aliphatic rings. The average Bonchev–Trinajstić information content (AvgIpc) is 1.56. The van der Waals surface area contributed by atoms with Crippen LogP contribution in [0.25, 0.3) is 0 Å². The normalized spacial score (nSPS) is 6.38. The molecule has 8 nitrogen and oxygen atoms in total. The van der Waals surface area contributed by atoms with E-state index in [0.717, 1.165) is 0 Å². The predicted molar refractivity (Wildman–Crippen MR) is 34.2 cm³/mol. The van der Waals surface area contributed by atoms with Gasteiger partial charge in [0, 0.05) is 0 Å². The van der Waals surface area contributed by atoms with E-state index in [4.69, 9.17) is 25.3 Å². The van der Waals surface area contributed by atoms with Crippen LogP contribution in [-0.2, 0) is 9.59 Å². The van der Waals surface area contributed by atoms with Crippen LogP contribution in [0.4, 0.5) is 0 Å². The van der Waals surface area contributed by atoms with Gasteiger partial charge >= 0.3 is 38.1 Å². The van der Waals surface area contributed by atoms with Crippen LogP contribution in [0.3, 0.4) is 0 Å². The zero-order valence-corrected chi connectivity index (χ0v) is 6.78. The molecule has 13 heavy (non-hydrogen) atoms. The molecule has 0 rings (SSSR count). The van der Waals surface area contributed by atoms with Crippen molar-refractivity contribution in [3.63, 3.8) is 0 Å². The summed E-state index contributed by atoms with van der Waals surface area (Å²) in [5.41, 5.74) is 0. The van der Waals surface area contributed by atoms with Gasteiger partial charge in [-0.3, -0.25) is 9.59 Å². The van der Waals surface area contributed by atoms with E-state index in [0.29, 0.717) is 0 Å². The molecule has 0 spiro atoms. The van der Waals surface area contributed by atoms with Crippen LogP contribution in [0.1, 0.15) is 6.42 Å². The molecule has 0 saturated carbocycles. The van der Waals surface area contributed by atoms with Gasteiger partial charge in [-0.2, -0.15) is 0 Å². The van der Waals surface area contributed by atoms with E-state index in [9.17, 15) is 9.59 Å². The quantitative estimate of drug-likeness (QED) is 0.212. The third-order valence-electron chi connectivity index (χ3n) is 0.302. The molecule has 0 aromatic carbocycles. The standard InChI is InChI=1S/C3H4O4.BH3O3.Li.H2O/c4-2(5)1-3(6)7;2-1(3)4;;/h1H2,(H,4,5)(H,6,7);2-4H;;1H2/q;;+1;/p-1. The molecule has 10 heteroatoms. The second kappa shape index (κ2) is 14.0. The van der Waals surface area contributed by atoms with Crippen LogP contribution in [0, 0.1) is 0 Å². The Balaban J connectivity index is -0.0000000600. The van der Waals surface area contributed by atoms with Crippen LogP contribution < -0.4 is 18.9 Å². The zero-order chi connectivity index (χ0) is 9.44. The minimum absolute atomic E-state index is 0. The summed E-state index contributed by atoms with van der Waals surface area (Å²) in [7, 11) is -2.17. The van der Waals surface area contributed by atoms with E-state index in [-0.39, 0.29) is 24.3 Å². The van der Waals surface area contributed by atoms with Gasteiger partial charge in [0.2, 0.25) is 0 Å². The smallest absolute Gasteiger partial charge is 0.870 e. The summed E-state index contributed by atoms with van der Waals surface area (Å²) in [4.78, 5) is 18.9. The number of hydrogen-bond acceptors (Lipinski definition) is 6. The molecule has 0 fully saturated rings. The van der Waals surface area contributed by atoms with Gasteiger partial charge in [-0.1, -0.05) is 0 Å². The Kier molecular flexibility index (Phi) is 24.6. The fraction of sp³-hybridized carbons (Fsp3) is 0.333. The summed E-state index contributed by atoms with van der Waals surface area (Å²) in [6, 6.07) is 0. The number of rotatable bonds is 2. The molecule has 0 radical (unpaired) electrons. The van der Waals surface area contributed by atoms with E-state index >= 15 is 0 Å². The summed E-state index contributed by atoms with van der Waals surface area (Å²) < 4.78 is 0. The van der Waals surface area contributed by atoms with Gasteiger partial charge in [0.25, 0.3) is 0 Å². The Morgan fingerprint density at radius 1 is 1.00 bits per heavy atom. The fourth-order valence-corrected chi connectivity index (χ4v) is 0.129. The maximum absolute atomic E-state index is 9.43. The van der Waals surface area contributed by atoms with E-state index in [1.165, 1.54) is 0 Å². The van der Waals surface area contributed by atoms with Crippen LogP contribution in [0.2, 0.25) is 0 Å². The SMILES string of the molecule is O=C(O)CC(=O)O.OB(O)O.[Li+].[OH-]. The predicted octanol–water partition coefficient (Wildman–Crippen LogP) is -5.68. The first-order chi connectivity index (χ1) is 4.86. The Hall–Kier alpha value is -0.558. The Morgan fingerprint density at radius 3 is 1.15 bits per heavy atom.